The van der Waals surface area contributed by atoms with Crippen molar-refractivity contribution in [3.63, 3.8) is 0 Å². The first kappa shape index (κ1) is 24.1. The van der Waals surface area contributed by atoms with E-state index in [2.05, 4.69) is 27.2 Å². The van der Waals surface area contributed by atoms with Crippen molar-refractivity contribution in [3.8, 4) is 5.75 Å². The smallest absolute Gasteiger partial charge is 0.305 e. The molecule has 1 aliphatic carbocycles. The number of phenolic OH excluding ortho intramolecular Hbond substituents is 1. The zero-order valence-electron chi connectivity index (χ0n) is 15.9. The van der Waals surface area contributed by atoms with Gasteiger partial charge in [0.2, 0.25) is 0 Å². The largest absolute Gasteiger partial charge is 0.507 e. The van der Waals surface area contributed by atoms with Gasteiger partial charge >= 0.3 is 5.97 Å². The van der Waals surface area contributed by atoms with E-state index in [1.165, 1.54) is 7.11 Å². The number of carbonyl (C=O) groups excluding carboxylic acids is 2. The predicted octanol–water partition coefficient (Wildman–Crippen LogP) is 5.53. The highest BCUT2D eigenvalue weighted by Crippen LogP contribution is 2.24. The number of hydrogen-bond acceptors (Lipinski definition) is 4. The van der Waals surface area contributed by atoms with Crippen molar-refractivity contribution in [3.05, 3.63) is 52.5 Å². The van der Waals surface area contributed by atoms with Gasteiger partial charge in [0.25, 0.3) is 0 Å². The molecule has 0 saturated carbocycles. The number of aromatic hydroxyl groups is 1. The Labute approximate surface area is 165 Å². The van der Waals surface area contributed by atoms with Crippen LogP contribution in [0.2, 0.25) is 0 Å². The normalized spacial score (nSPS) is 12.2. The maximum atomic E-state index is 10.8. The molecule has 0 unspecified atom stereocenters. The summed E-state index contributed by atoms with van der Waals surface area (Å²) in [6, 6.07) is 5.41. The molecule has 0 heterocycles. The van der Waals surface area contributed by atoms with Gasteiger partial charge in [-0.1, -0.05) is 32.1 Å². The Balaban J connectivity index is 0.000000484. The molecule has 2 rings (SSSR count). The van der Waals surface area contributed by atoms with Gasteiger partial charge in [-0.3, -0.25) is 9.59 Å². The maximum absolute atomic E-state index is 10.8. The summed E-state index contributed by atoms with van der Waals surface area (Å²) in [6.07, 6.45) is 8.07. The molecule has 1 aliphatic rings. The van der Waals surface area contributed by atoms with E-state index in [-0.39, 0.29) is 11.7 Å². The van der Waals surface area contributed by atoms with Crippen molar-refractivity contribution < 1.29 is 19.4 Å². The van der Waals surface area contributed by atoms with Crippen molar-refractivity contribution >= 4 is 27.7 Å². The molecule has 0 saturated heterocycles. The number of halogens is 1. The quantitative estimate of drug-likeness (QED) is 0.481. The van der Waals surface area contributed by atoms with Crippen LogP contribution in [-0.2, 0) is 20.7 Å². The van der Waals surface area contributed by atoms with E-state index < -0.39 is 0 Å². The summed E-state index contributed by atoms with van der Waals surface area (Å²) in [7, 11) is 1.38. The molecule has 5 heteroatoms. The van der Waals surface area contributed by atoms with E-state index in [9.17, 15) is 14.7 Å². The number of carbonyl (C=O) groups is 2. The average molecular weight is 425 g/mol. The molecule has 4 nitrogen and oxygen atoms in total. The molecule has 1 N–H and O–H groups in total. The highest BCUT2D eigenvalue weighted by molar-refractivity contribution is 9.10. The fourth-order valence-corrected chi connectivity index (χ4v) is 2.50. The van der Waals surface area contributed by atoms with Gasteiger partial charge in [-0.15, -0.1) is 6.58 Å². The first-order valence-electron chi connectivity index (χ1n) is 8.85. The van der Waals surface area contributed by atoms with Crippen LogP contribution in [0, 0.1) is 0 Å². The molecule has 0 bridgehead atoms. The van der Waals surface area contributed by atoms with Gasteiger partial charge in [0, 0.05) is 12.8 Å². The van der Waals surface area contributed by atoms with Crippen LogP contribution in [0.5, 0.6) is 5.75 Å². The monoisotopic (exact) mass is 424 g/mol. The first-order valence-corrected chi connectivity index (χ1v) is 9.64. The Morgan fingerprint density at radius 2 is 2.08 bits per heavy atom. The SMILES string of the molecule is C=CCC1=CCCC1=O.CC.COC(=O)CCCc1ccc(Br)c(O)c1. The summed E-state index contributed by atoms with van der Waals surface area (Å²) in [4.78, 5) is 21.7. The second-order valence-electron chi connectivity index (χ2n) is 5.40. The van der Waals surface area contributed by atoms with Crippen LogP contribution in [0.4, 0.5) is 0 Å². The van der Waals surface area contributed by atoms with Crippen LogP contribution in [0.1, 0.15) is 51.5 Å². The number of allylic oxidation sites excluding steroid dienone is 3. The number of phenols is 1. The molecule has 26 heavy (non-hydrogen) atoms. The number of rotatable bonds is 6. The minimum atomic E-state index is -0.198. The van der Waals surface area contributed by atoms with Gasteiger partial charge in [-0.25, -0.2) is 0 Å². The third-order valence-electron chi connectivity index (χ3n) is 3.57. The van der Waals surface area contributed by atoms with E-state index in [0.29, 0.717) is 23.1 Å². The van der Waals surface area contributed by atoms with Gasteiger partial charge in [-0.2, -0.15) is 0 Å². The predicted molar refractivity (Wildman–Crippen MR) is 109 cm³/mol. The molecule has 0 aliphatic heterocycles. The first-order chi connectivity index (χ1) is 12.5. The summed E-state index contributed by atoms with van der Waals surface area (Å²) in [6.45, 7) is 7.57. The Bertz CT molecular complexity index is 620. The fraction of sp³-hybridized carbons (Fsp3) is 0.429. The van der Waals surface area contributed by atoms with E-state index in [1.807, 2.05) is 26.0 Å². The van der Waals surface area contributed by atoms with Crippen molar-refractivity contribution in [1.82, 2.24) is 0 Å². The molecule has 0 radical (unpaired) electrons. The van der Waals surface area contributed by atoms with Crippen molar-refractivity contribution in [1.29, 1.82) is 0 Å². The number of ketones is 1. The Morgan fingerprint density at radius 3 is 2.58 bits per heavy atom. The highest BCUT2D eigenvalue weighted by atomic mass is 79.9. The number of Topliss-reactive ketones (excluding diaryl/α,β-unsaturated/α-hetero) is 1. The summed E-state index contributed by atoms with van der Waals surface area (Å²) < 4.78 is 5.22. The highest BCUT2D eigenvalue weighted by Gasteiger charge is 2.12. The van der Waals surface area contributed by atoms with Crippen molar-refractivity contribution in [2.75, 3.05) is 7.11 Å². The third kappa shape index (κ3) is 9.56. The van der Waals surface area contributed by atoms with E-state index in [0.717, 1.165) is 36.8 Å². The molecular weight excluding hydrogens is 396 g/mol. The molecule has 0 atom stereocenters. The van der Waals surface area contributed by atoms with Crippen LogP contribution in [-0.4, -0.2) is 24.0 Å². The van der Waals surface area contributed by atoms with Crippen LogP contribution < -0.4 is 0 Å². The van der Waals surface area contributed by atoms with E-state index in [4.69, 9.17) is 0 Å². The molecule has 0 spiro atoms. The maximum Gasteiger partial charge on any atom is 0.305 e. The lowest BCUT2D eigenvalue weighted by Gasteiger charge is -2.03. The van der Waals surface area contributed by atoms with Gasteiger partial charge in [0.05, 0.1) is 11.6 Å². The van der Waals surface area contributed by atoms with Crippen LogP contribution in [0.25, 0.3) is 0 Å². The molecular formula is C21H29BrO4. The molecule has 0 fully saturated rings. The summed E-state index contributed by atoms with van der Waals surface area (Å²) in [5.41, 5.74) is 1.96. The lowest BCUT2D eigenvalue weighted by molar-refractivity contribution is -0.140. The molecule has 1 aromatic rings. The number of esters is 1. The van der Waals surface area contributed by atoms with Crippen LogP contribution >= 0.6 is 15.9 Å². The molecule has 0 aromatic heterocycles. The van der Waals surface area contributed by atoms with Crippen molar-refractivity contribution in [2.24, 2.45) is 0 Å². The second-order valence-corrected chi connectivity index (χ2v) is 6.25. The van der Waals surface area contributed by atoms with Gasteiger partial charge in [0.1, 0.15) is 5.75 Å². The molecule has 0 amide bonds. The summed E-state index contributed by atoms with van der Waals surface area (Å²) in [5.74, 6) is 0.330. The Morgan fingerprint density at radius 1 is 1.38 bits per heavy atom. The fourth-order valence-electron chi connectivity index (χ4n) is 2.26. The topological polar surface area (TPSA) is 63.6 Å². The van der Waals surface area contributed by atoms with Crippen molar-refractivity contribution in [2.45, 2.75) is 52.4 Å². The average Bonchev–Trinajstić information content (AvgIpc) is 3.05. The van der Waals surface area contributed by atoms with E-state index >= 15 is 0 Å². The summed E-state index contributed by atoms with van der Waals surface area (Å²) >= 11 is 3.21. The molecule has 1 aromatic carbocycles. The minimum Gasteiger partial charge on any atom is -0.507 e. The number of methoxy groups -OCH3 is 1. The number of benzene rings is 1. The summed E-state index contributed by atoms with van der Waals surface area (Å²) in [5, 5.41) is 9.42. The Kier molecular flexibility index (Phi) is 13.3. The van der Waals surface area contributed by atoms with E-state index in [1.54, 1.807) is 18.2 Å². The Hall–Kier alpha value is -1.88. The number of hydrogen-bond donors (Lipinski definition) is 1. The second kappa shape index (κ2) is 14.3. The lowest BCUT2D eigenvalue weighted by Crippen LogP contribution is -2.00. The van der Waals surface area contributed by atoms with Crippen LogP contribution in [0.15, 0.2) is 47.0 Å². The zero-order valence-corrected chi connectivity index (χ0v) is 17.5. The van der Waals surface area contributed by atoms with Gasteiger partial charge in [0.15, 0.2) is 5.78 Å². The molecule has 144 valence electrons. The third-order valence-corrected chi connectivity index (χ3v) is 4.24. The standard InChI is InChI=1S/C11H13BrO3.C8H10O.C2H6/c1-15-11(14)4-2-3-8-5-6-9(12)10(13)7-8;1-2-4-7-5-3-6-8(7)9;1-2/h5-7,13H,2-4H2,1H3;2,5H,1,3-4,6H2;1-2H3. The van der Waals surface area contributed by atoms with Gasteiger partial charge in [-0.05, 0) is 64.9 Å². The van der Waals surface area contributed by atoms with Crippen LogP contribution in [0.3, 0.4) is 0 Å². The van der Waals surface area contributed by atoms with Gasteiger partial charge < -0.3 is 9.84 Å². The lowest BCUT2D eigenvalue weighted by atomic mass is 10.1. The minimum absolute atomic E-state index is 0.198. The number of ether oxygens (including phenoxy) is 1. The zero-order chi connectivity index (χ0) is 19.9. The number of aryl methyl sites for hydroxylation is 1.